The summed E-state index contributed by atoms with van der Waals surface area (Å²) in [6.45, 7) is 2.02. The van der Waals surface area contributed by atoms with Gasteiger partial charge in [-0.1, -0.05) is 18.2 Å². The maximum atomic E-state index is 13.2. The van der Waals surface area contributed by atoms with Crippen molar-refractivity contribution >= 4 is 23.0 Å². The van der Waals surface area contributed by atoms with Crippen LogP contribution in [0.4, 0.5) is 10.1 Å². The Morgan fingerprint density at radius 2 is 1.95 bits per heavy atom. The highest BCUT2D eigenvalue weighted by Gasteiger charge is 2.48. The molecule has 5 heteroatoms. The molecule has 22 heavy (non-hydrogen) atoms. The minimum Gasteiger partial charge on any atom is -0.467 e. The zero-order valence-electron chi connectivity index (χ0n) is 12.0. The Morgan fingerprint density at radius 3 is 2.73 bits per heavy atom. The number of halogens is 1. The molecule has 2 heterocycles. The van der Waals surface area contributed by atoms with E-state index in [9.17, 15) is 4.39 Å². The molecule has 2 aliphatic heterocycles. The van der Waals surface area contributed by atoms with Crippen LogP contribution in [0.5, 0.6) is 5.75 Å². The molecule has 0 saturated carbocycles. The molecule has 2 aromatic carbocycles. The second-order valence-corrected chi connectivity index (χ2v) is 6.22. The van der Waals surface area contributed by atoms with Gasteiger partial charge >= 0.3 is 0 Å². The van der Waals surface area contributed by atoms with Crippen LogP contribution >= 0.6 is 12.2 Å². The first-order valence-corrected chi connectivity index (χ1v) is 7.62. The fourth-order valence-electron chi connectivity index (χ4n) is 3.30. The van der Waals surface area contributed by atoms with Crippen molar-refractivity contribution in [1.29, 1.82) is 0 Å². The molecule has 3 nitrogen and oxygen atoms in total. The Morgan fingerprint density at radius 1 is 1.23 bits per heavy atom. The second kappa shape index (κ2) is 4.68. The number of rotatable bonds is 1. The van der Waals surface area contributed by atoms with E-state index in [1.165, 1.54) is 12.1 Å². The molecular formula is C17H15FN2OS. The van der Waals surface area contributed by atoms with Crippen molar-refractivity contribution in [2.45, 2.75) is 25.1 Å². The molecule has 2 bridgehead atoms. The van der Waals surface area contributed by atoms with Gasteiger partial charge in [0.25, 0.3) is 0 Å². The maximum absolute atomic E-state index is 13.2. The molecule has 0 aromatic heterocycles. The van der Waals surface area contributed by atoms with Crippen molar-refractivity contribution in [2.24, 2.45) is 0 Å². The molecule has 1 saturated heterocycles. The first-order valence-electron chi connectivity index (χ1n) is 7.21. The molecule has 4 rings (SSSR count). The summed E-state index contributed by atoms with van der Waals surface area (Å²) in [6.07, 6.45) is 0.765. The summed E-state index contributed by atoms with van der Waals surface area (Å²) in [7, 11) is 0. The van der Waals surface area contributed by atoms with Crippen LogP contribution < -0.4 is 15.0 Å². The van der Waals surface area contributed by atoms with Gasteiger partial charge in [-0.2, -0.15) is 0 Å². The van der Waals surface area contributed by atoms with Crippen LogP contribution in [0.3, 0.4) is 0 Å². The molecule has 0 spiro atoms. The van der Waals surface area contributed by atoms with Crippen molar-refractivity contribution < 1.29 is 9.13 Å². The van der Waals surface area contributed by atoms with Crippen molar-refractivity contribution in [2.75, 3.05) is 4.90 Å². The van der Waals surface area contributed by atoms with Crippen molar-refractivity contribution in [3.05, 3.63) is 59.9 Å². The first-order chi connectivity index (χ1) is 10.6. The molecule has 0 aliphatic carbocycles. The van der Waals surface area contributed by atoms with Gasteiger partial charge in [-0.25, -0.2) is 4.39 Å². The topological polar surface area (TPSA) is 24.5 Å². The molecular weight excluding hydrogens is 299 g/mol. The molecule has 1 N–H and O–H groups in total. The van der Waals surface area contributed by atoms with E-state index in [-0.39, 0.29) is 11.9 Å². The average Bonchev–Trinajstić information content (AvgIpc) is 2.48. The van der Waals surface area contributed by atoms with E-state index in [4.69, 9.17) is 17.0 Å². The van der Waals surface area contributed by atoms with Crippen LogP contribution in [0.1, 0.15) is 24.9 Å². The lowest BCUT2D eigenvalue weighted by molar-refractivity contribution is 0.0497. The number of para-hydroxylation sites is 1. The van der Waals surface area contributed by atoms with Gasteiger partial charge in [-0.05, 0) is 49.5 Å². The number of ether oxygens (including phenoxy) is 1. The Balaban J connectivity index is 1.80. The highest BCUT2D eigenvalue weighted by molar-refractivity contribution is 7.80. The summed E-state index contributed by atoms with van der Waals surface area (Å²) in [5.74, 6) is 0.598. The zero-order valence-corrected chi connectivity index (χ0v) is 12.9. The van der Waals surface area contributed by atoms with Crippen LogP contribution in [-0.4, -0.2) is 10.8 Å². The number of fused-ring (bicyclic) bond motifs is 4. The minimum absolute atomic E-state index is 0.138. The van der Waals surface area contributed by atoms with Gasteiger partial charge in [-0.15, -0.1) is 0 Å². The SMILES string of the molecule is C[C@]12C[C@H](NC(=S)N1c1ccc(F)cc1)c1ccccc1O2. The number of anilines is 1. The molecule has 2 aromatic rings. The molecule has 0 radical (unpaired) electrons. The Bertz CT molecular complexity index is 749. The van der Waals surface area contributed by atoms with E-state index in [0.29, 0.717) is 5.11 Å². The largest absolute Gasteiger partial charge is 0.467 e. The van der Waals surface area contributed by atoms with E-state index in [0.717, 1.165) is 23.4 Å². The smallest absolute Gasteiger partial charge is 0.188 e. The predicted molar refractivity (Wildman–Crippen MR) is 87.4 cm³/mol. The molecule has 2 aliphatic rings. The van der Waals surface area contributed by atoms with Gasteiger partial charge in [-0.3, -0.25) is 4.90 Å². The maximum Gasteiger partial charge on any atom is 0.188 e. The van der Waals surface area contributed by atoms with Crippen molar-refractivity contribution in [3.63, 3.8) is 0 Å². The lowest BCUT2D eigenvalue weighted by Crippen LogP contribution is -2.65. The van der Waals surface area contributed by atoms with E-state index in [2.05, 4.69) is 11.4 Å². The monoisotopic (exact) mass is 314 g/mol. The first kappa shape index (κ1) is 13.5. The second-order valence-electron chi connectivity index (χ2n) is 5.83. The highest BCUT2D eigenvalue weighted by atomic mass is 32.1. The summed E-state index contributed by atoms with van der Waals surface area (Å²) in [6, 6.07) is 14.4. The molecule has 2 atom stereocenters. The van der Waals surface area contributed by atoms with E-state index >= 15 is 0 Å². The fourth-order valence-corrected chi connectivity index (χ4v) is 3.74. The summed E-state index contributed by atoms with van der Waals surface area (Å²) in [5.41, 5.74) is 1.36. The van der Waals surface area contributed by atoms with Crippen LogP contribution in [0.2, 0.25) is 0 Å². The van der Waals surface area contributed by atoms with Gasteiger partial charge in [0.05, 0.1) is 6.04 Å². The number of nitrogens with zero attached hydrogens (tertiary/aromatic N) is 1. The number of benzene rings is 2. The summed E-state index contributed by atoms with van der Waals surface area (Å²) in [5, 5.41) is 3.97. The Hall–Kier alpha value is -2.14. The van der Waals surface area contributed by atoms with Gasteiger partial charge in [0.2, 0.25) is 0 Å². The number of hydrogen-bond donors (Lipinski definition) is 1. The molecule has 0 unspecified atom stereocenters. The standard InChI is InChI=1S/C17H15FN2OS/c1-17-10-14(13-4-2-3-5-15(13)21-17)19-16(22)20(17)12-8-6-11(18)7-9-12/h2-9,14H,10H2,1H3,(H,19,22)/t14-,17-/m0/s1. The Labute approximate surface area is 133 Å². The number of hydrogen-bond acceptors (Lipinski definition) is 2. The average molecular weight is 314 g/mol. The fraction of sp³-hybridized carbons (Fsp3) is 0.235. The van der Waals surface area contributed by atoms with E-state index in [1.807, 2.05) is 30.0 Å². The van der Waals surface area contributed by atoms with Gasteiger partial charge in [0.15, 0.2) is 10.8 Å². The Kier molecular flexibility index (Phi) is 2.87. The lowest BCUT2D eigenvalue weighted by Gasteiger charge is -2.52. The van der Waals surface area contributed by atoms with Crippen LogP contribution in [0, 0.1) is 5.82 Å². The summed E-state index contributed by atoms with van der Waals surface area (Å²) >= 11 is 5.54. The van der Waals surface area contributed by atoms with Gasteiger partial charge in [0.1, 0.15) is 11.6 Å². The highest BCUT2D eigenvalue weighted by Crippen LogP contribution is 2.45. The summed E-state index contributed by atoms with van der Waals surface area (Å²) < 4.78 is 19.5. The zero-order chi connectivity index (χ0) is 15.3. The lowest BCUT2D eigenvalue weighted by atomic mass is 9.90. The third-order valence-electron chi connectivity index (χ3n) is 4.27. The van der Waals surface area contributed by atoms with E-state index in [1.54, 1.807) is 12.1 Å². The number of thiocarbonyl (C=S) groups is 1. The van der Waals surface area contributed by atoms with Gasteiger partial charge in [0, 0.05) is 17.7 Å². The van der Waals surface area contributed by atoms with Crippen molar-refractivity contribution in [3.8, 4) is 5.75 Å². The van der Waals surface area contributed by atoms with Crippen LogP contribution in [-0.2, 0) is 0 Å². The summed E-state index contributed by atoms with van der Waals surface area (Å²) in [4.78, 5) is 1.92. The molecule has 0 amide bonds. The molecule has 112 valence electrons. The van der Waals surface area contributed by atoms with Crippen LogP contribution in [0.25, 0.3) is 0 Å². The third-order valence-corrected chi connectivity index (χ3v) is 4.57. The normalized spacial score (nSPS) is 26.0. The van der Waals surface area contributed by atoms with Crippen LogP contribution in [0.15, 0.2) is 48.5 Å². The minimum atomic E-state index is -0.584. The third kappa shape index (κ3) is 1.96. The van der Waals surface area contributed by atoms with Gasteiger partial charge < -0.3 is 10.1 Å². The quantitative estimate of drug-likeness (QED) is 0.810. The predicted octanol–water partition coefficient (Wildman–Crippen LogP) is 3.76. The van der Waals surface area contributed by atoms with Crippen molar-refractivity contribution in [1.82, 2.24) is 5.32 Å². The number of nitrogens with one attached hydrogen (secondary N) is 1. The molecule has 1 fully saturated rings. The van der Waals surface area contributed by atoms with E-state index < -0.39 is 5.72 Å².